The summed E-state index contributed by atoms with van der Waals surface area (Å²) in [5, 5.41) is 2.99. The summed E-state index contributed by atoms with van der Waals surface area (Å²) >= 11 is 0. The van der Waals surface area contributed by atoms with Gasteiger partial charge in [0.1, 0.15) is 5.82 Å². The molecule has 0 aliphatic heterocycles. The lowest BCUT2D eigenvalue weighted by molar-refractivity contribution is -0.125. The summed E-state index contributed by atoms with van der Waals surface area (Å²) in [6.45, 7) is 0.468. The minimum atomic E-state index is 0.0692. The second-order valence-corrected chi connectivity index (χ2v) is 5.56. The Morgan fingerprint density at radius 3 is 2.95 bits per heavy atom. The molecule has 1 aromatic carbocycles. The van der Waals surface area contributed by atoms with Gasteiger partial charge in [-0.3, -0.25) is 4.79 Å². The zero-order chi connectivity index (χ0) is 14.1. The van der Waals surface area contributed by atoms with Gasteiger partial charge in [0.25, 0.3) is 0 Å². The molecular formula is C15H20N4O. The highest BCUT2D eigenvalue weighted by Gasteiger charge is 2.27. The van der Waals surface area contributed by atoms with Crippen molar-refractivity contribution in [3.05, 3.63) is 30.1 Å². The molecule has 0 bridgehead atoms. The van der Waals surface area contributed by atoms with Crippen LogP contribution in [-0.2, 0) is 18.4 Å². The Balaban J connectivity index is 1.68. The maximum atomic E-state index is 12.1. The number of nitrogens with one attached hydrogen (secondary N) is 1. The number of carbonyl (C=O) groups is 1. The molecule has 1 heterocycles. The first-order valence-electron chi connectivity index (χ1n) is 7.09. The second-order valence-electron chi connectivity index (χ2n) is 5.56. The van der Waals surface area contributed by atoms with Crippen LogP contribution < -0.4 is 11.1 Å². The number of benzene rings is 1. The van der Waals surface area contributed by atoms with Crippen LogP contribution in [0.1, 0.15) is 25.1 Å². The lowest BCUT2D eigenvalue weighted by Crippen LogP contribution is -2.30. The Bertz CT molecular complexity index is 634. The predicted octanol–water partition coefficient (Wildman–Crippen LogP) is 1.32. The highest BCUT2D eigenvalue weighted by atomic mass is 16.1. The number of para-hydroxylation sites is 2. The largest absolute Gasteiger partial charge is 0.349 e. The van der Waals surface area contributed by atoms with Gasteiger partial charge in [0, 0.05) is 19.0 Å². The third-order valence-corrected chi connectivity index (χ3v) is 4.14. The van der Waals surface area contributed by atoms with Crippen molar-refractivity contribution in [2.75, 3.05) is 0 Å². The highest BCUT2D eigenvalue weighted by Crippen LogP contribution is 2.24. The molecule has 1 fully saturated rings. The molecule has 1 amide bonds. The van der Waals surface area contributed by atoms with E-state index in [9.17, 15) is 4.79 Å². The number of nitrogens with two attached hydrogens (primary N) is 1. The van der Waals surface area contributed by atoms with E-state index in [2.05, 4.69) is 10.3 Å². The summed E-state index contributed by atoms with van der Waals surface area (Å²) in [6, 6.07) is 8.16. The molecule has 0 radical (unpaired) electrons. The first kappa shape index (κ1) is 13.1. The van der Waals surface area contributed by atoms with Crippen LogP contribution in [0.5, 0.6) is 0 Å². The summed E-state index contributed by atoms with van der Waals surface area (Å²) in [7, 11) is 1.97. The van der Waals surface area contributed by atoms with E-state index in [0.717, 1.165) is 36.1 Å². The van der Waals surface area contributed by atoms with E-state index in [1.807, 2.05) is 35.9 Å². The normalized spacial score (nSPS) is 22.3. The summed E-state index contributed by atoms with van der Waals surface area (Å²) in [6.07, 6.45) is 2.65. The summed E-state index contributed by atoms with van der Waals surface area (Å²) < 4.78 is 2.02. The molecule has 5 heteroatoms. The molecule has 2 atom stereocenters. The van der Waals surface area contributed by atoms with Crippen LogP contribution >= 0.6 is 0 Å². The van der Waals surface area contributed by atoms with Crippen LogP contribution in [0.25, 0.3) is 11.0 Å². The number of imidazole rings is 1. The van der Waals surface area contributed by atoms with Gasteiger partial charge in [-0.25, -0.2) is 4.98 Å². The van der Waals surface area contributed by atoms with E-state index in [1.165, 1.54) is 0 Å². The van der Waals surface area contributed by atoms with Gasteiger partial charge in [-0.15, -0.1) is 0 Å². The molecule has 20 heavy (non-hydrogen) atoms. The van der Waals surface area contributed by atoms with E-state index in [1.54, 1.807) is 0 Å². The molecule has 3 N–H and O–H groups in total. The number of aromatic nitrogens is 2. The maximum absolute atomic E-state index is 12.1. The first-order valence-corrected chi connectivity index (χ1v) is 7.09. The minimum Gasteiger partial charge on any atom is -0.349 e. The lowest BCUT2D eigenvalue weighted by Gasteiger charge is -2.10. The van der Waals surface area contributed by atoms with Gasteiger partial charge in [-0.2, -0.15) is 0 Å². The smallest absolute Gasteiger partial charge is 0.223 e. The molecule has 1 aliphatic rings. The number of amides is 1. The molecule has 2 unspecified atom stereocenters. The van der Waals surface area contributed by atoms with Crippen LogP contribution in [0.3, 0.4) is 0 Å². The molecule has 5 nitrogen and oxygen atoms in total. The van der Waals surface area contributed by atoms with E-state index in [0.29, 0.717) is 6.54 Å². The van der Waals surface area contributed by atoms with Crippen molar-refractivity contribution in [1.29, 1.82) is 0 Å². The van der Waals surface area contributed by atoms with E-state index in [-0.39, 0.29) is 17.9 Å². The average Bonchev–Trinajstić information content (AvgIpc) is 3.01. The fourth-order valence-electron chi connectivity index (χ4n) is 2.92. The Kier molecular flexibility index (Phi) is 3.44. The average molecular weight is 272 g/mol. The van der Waals surface area contributed by atoms with Crippen molar-refractivity contribution in [1.82, 2.24) is 14.9 Å². The van der Waals surface area contributed by atoms with E-state index < -0.39 is 0 Å². The predicted molar refractivity (Wildman–Crippen MR) is 77.9 cm³/mol. The number of hydrogen-bond donors (Lipinski definition) is 2. The van der Waals surface area contributed by atoms with Gasteiger partial charge in [0.2, 0.25) is 5.91 Å². The topological polar surface area (TPSA) is 72.9 Å². The van der Waals surface area contributed by atoms with Gasteiger partial charge in [0.05, 0.1) is 17.6 Å². The van der Waals surface area contributed by atoms with Crippen LogP contribution in [0.15, 0.2) is 24.3 Å². The van der Waals surface area contributed by atoms with Gasteiger partial charge >= 0.3 is 0 Å². The number of rotatable bonds is 3. The molecule has 1 saturated carbocycles. The van der Waals surface area contributed by atoms with Gasteiger partial charge < -0.3 is 15.6 Å². The van der Waals surface area contributed by atoms with Crippen LogP contribution in [-0.4, -0.2) is 21.5 Å². The maximum Gasteiger partial charge on any atom is 0.223 e. The van der Waals surface area contributed by atoms with Crippen LogP contribution in [0.4, 0.5) is 0 Å². The quantitative estimate of drug-likeness (QED) is 0.885. The standard InChI is InChI=1S/C15H20N4O/c1-19-13-5-3-2-4-12(13)18-14(19)9-17-15(20)10-6-7-11(16)8-10/h2-5,10-11H,6-9,16H2,1H3,(H,17,20). The number of nitrogens with zero attached hydrogens (tertiary/aromatic N) is 2. The number of hydrogen-bond acceptors (Lipinski definition) is 3. The highest BCUT2D eigenvalue weighted by molar-refractivity contribution is 5.79. The Morgan fingerprint density at radius 1 is 1.45 bits per heavy atom. The third kappa shape index (κ3) is 2.41. The zero-order valence-electron chi connectivity index (χ0n) is 11.7. The first-order chi connectivity index (χ1) is 9.65. The molecule has 1 aromatic heterocycles. The molecule has 3 rings (SSSR count). The van der Waals surface area contributed by atoms with Crippen molar-refractivity contribution in [2.24, 2.45) is 18.7 Å². The second kappa shape index (κ2) is 5.25. The molecule has 2 aromatic rings. The Hall–Kier alpha value is -1.88. The minimum absolute atomic E-state index is 0.0692. The zero-order valence-corrected chi connectivity index (χ0v) is 11.7. The number of carbonyl (C=O) groups excluding carboxylic acids is 1. The van der Waals surface area contributed by atoms with Gasteiger partial charge in [0.15, 0.2) is 0 Å². The molecular weight excluding hydrogens is 252 g/mol. The van der Waals surface area contributed by atoms with Crippen molar-refractivity contribution in [3.8, 4) is 0 Å². The number of aryl methyl sites for hydroxylation is 1. The fourth-order valence-corrected chi connectivity index (χ4v) is 2.92. The van der Waals surface area contributed by atoms with Crippen molar-refractivity contribution >= 4 is 16.9 Å². The van der Waals surface area contributed by atoms with Crippen molar-refractivity contribution < 1.29 is 4.79 Å². The summed E-state index contributed by atoms with van der Waals surface area (Å²) in [5.41, 5.74) is 7.89. The fraction of sp³-hybridized carbons (Fsp3) is 0.467. The summed E-state index contributed by atoms with van der Waals surface area (Å²) in [5.74, 6) is 1.05. The van der Waals surface area contributed by atoms with E-state index in [4.69, 9.17) is 5.73 Å². The molecule has 0 saturated heterocycles. The van der Waals surface area contributed by atoms with Gasteiger partial charge in [-0.1, -0.05) is 12.1 Å². The Labute approximate surface area is 118 Å². The number of fused-ring (bicyclic) bond motifs is 1. The summed E-state index contributed by atoms with van der Waals surface area (Å²) in [4.78, 5) is 16.6. The third-order valence-electron chi connectivity index (χ3n) is 4.14. The molecule has 106 valence electrons. The monoisotopic (exact) mass is 272 g/mol. The van der Waals surface area contributed by atoms with Crippen molar-refractivity contribution in [3.63, 3.8) is 0 Å². The van der Waals surface area contributed by atoms with Crippen molar-refractivity contribution in [2.45, 2.75) is 31.8 Å². The molecule has 1 aliphatic carbocycles. The van der Waals surface area contributed by atoms with Gasteiger partial charge in [-0.05, 0) is 31.4 Å². The molecule has 0 spiro atoms. The van der Waals surface area contributed by atoms with E-state index >= 15 is 0 Å². The Morgan fingerprint density at radius 2 is 2.25 bits per heavy atom. The van der Waals surface area contributed by atoms with Crippen LogP contribution in [0.2, 0.25) is 0 Å². The SMILES string of the molecule is Cn1c(CNC(=O)C2CCC(N)C2)nc2ccccc21. The van der Waals surface area contributed by atoms with Crippen LogP contribution in [0, 0.1) is 5.92 Å². The lowest BCUT2D eigenvalue weighted by atomic mass is 10.1.